The Hall–Kier alpha value is -2.36. The van der Waals surface area contributed by atoms with Gasteiger partial charge in [0.05, 0.1) is 0 Å². The van der Waals surface area contributed by atoms with Crippen LogP contribution in [0.5, 0.6) is 0 Å². The van der Waals surface area contributed by atoms with Crippen LogP contribution in [-0.2, 0) is 19.2 Å². The zero-order valence-corrected chi connectivity index (χ0v) is 23.1. The van der Waals surface area contributed by atoms with Crippen molar-refractivity contribution in [1.82, 2.24) is 0 Å². The van der Waals surface area contributed by atoms with E-state index in [1.54, 1.807) is 0 Å². The molecule has 0 aromatic heterocycles. The van der Waals surface area contributed by atoms with Crippen LogP contribution in [0.4, 0.5) is 0 Å². The van der Waals surface area contributed by atoms with Gasteiger partial charge in [0, 0.05) is 47.3 Å². The van der Waals surface area contributed by atoms with Crippen molar-refractivity contribution in [2.24, 2.45) is 94.7 Å². The van der Waals surface area contributed by atoms with E-state index >= 15 is 0 Å². The zero-order valence-electron chi connectivity index (χ0n) is 23.1. The maximum atomic E-state index is 13.1. The van der Waals surface area contributed by atoms with E-state index < -0.39 is 0 Å². The Kier molecular flexibility index (Phi) is 5.20. The van der Waals surface area contributed by atoms with Crippen molar-refractivity contribution in [3.8, 4) is 0 Å². The second-order valence-corrected chi connectivity index (χ2v) is 15.0. The number of carbonyl (C=O) groups is 4. The minimum absolute atomic E-state index is 0.0280. The summed E-state index contributed by atoms with van der Waals surface area (Å²) < 4.78 is 0. The monoisotopic (exact) mass is 536 g/mol. The molecule has 0 radical (unpaired) electrons. The molecule has 4 nitrogen and oxygen atoms in total. The number of allylic oxidation sites excluding steroid dienone is 8. The number of rotatable bonds is 0. The van der Waals surface area contributed by atoms with Crippen molar-refractivity contribution in [3.63, 3.8) is 0 Å². The van der Waals surface area contributed by atoms with Crippen molar-refractivity contribution in [2.75, 3.05) is 0 Å². The predicted octanol–water partition coefficient (Wildman–Crippen LogP) is 5.59. The molecule has 14 rings (SSSR count). The topological polar surface area (TPSA) is 68.3 Å². The average Bonchev–Trinajstić information content (AvgIpc) is 3.03. The lowest BCUT2D eigenvalue weighted by Crippen LogP contribution is -2.60. The molecule has 0 aliphatic heterocycles. The summed E-state index contributed by atoms with van der Waals surface area (Å²) in [6.07, 6.45) is 26.8. The summed E-state index contributed by atoms with van der Waals surface area (Å²) in [4.78, 5) is 52.4. The lowest BCUT2D eigenvalue weighted by atomic mass is 9.47. The minimum Gasteiger partial charge on any atom is -0.299 e. The zero-order chi connectivity index (χ0) is 26.9. The van der Waals surface area contributed by atoms with E-state index in [-0.39, 0.29) is 47.3 Å². The normalized spacial score (nSPS) is 55.0. The third-order valence-electron chi connectivity index (χ3n) is 13.6. The smallest absolute Gasteiger partial charge is 0.141 e. The van der Waals surface area contributed by atoms with Crippen molar-refractivity contribution in [2.45, 2.75) is 51.4 Å². The van der Waals surface area contributed by atoms with Gasteiger partial charge in [0.15, 0.2) is 0 Å². The van der Waals surface area contributed by atoms with Gasteiger partial charge in [-0.2, -0.15) is 0 Å². The molecule has 4 heteroatoms. The van der Waals surface area contributed by atoms with Gasteiger partial charge in [-0.25, -0.2) is 0 Å². The molecule has 6 saturated carbocycles. The van der Waals surface area contributed by atoms with E-state index in [2.05, 4.69) is 48.6 Å². The van der Waals surface area contributed by atoms with Crippen LogP contribution in [0.3, 0.4) is 0 Å². The molecule has 14 aliphatic rings. The highest BCUT2D eigenvalue weighted by molar-refractivity contribution is 6.02. The largest absolute Gasteiger partial charge is 0.299 e. The number of Topliss-reactive ketones (excluding diaryl/α,β-unsaturated/α-hetero) is 4. The fourth-order valence-electron chi connectivity index (χ4n) is 12.0. The van der Waals surface area contributed by atoms with Gasteiger partial charge in [-0.1, -0.05) is 48.6 Å². The molecule has 0 unspecified atom stereocenters. The average molecular weight is 537 g/mol. The fraction of sp³-hybridized carbons (Fsp3) is 0.667. The molecule has 14 aliphatic carbocycles. The maximum absolute atomic E-state index is 13.1. The first-order valence-electron chi connectivity index (χ1n) is 16.4. The fourth-order valence-corrected chi connectivity index (χ4v) is 12.0. The number of carbonyl (C=O) groups excluding carboxylic acids is 4. The Morgan fingerprint density at radius 2 is 0.400 bits per heavy atom. The first-order chi connectivity index (χ1) is 19.5. The SMILES string of the molecule is O=C1[C@@H]2[C@H](C(=O)[C@H]3[C@@H]1[C@H]1C=C[C@@H]3CC1)[C@@H]1C=C[C@H]2CC1.O=C1[C@@H]2[C@H](C(=O)[C@H]3[C@@H]1[C@H]1C=C[C@@H]3CC1)[C@@H]1C=C[C@H]2CC1. The molecule has 0 aromatic carbocycles. The van der Waals surface area contributed by atoms with Gasteiger partial charge in [0.25, 0.3) is 0 Å². The Balaban J connectivity index is 0.000000115. The molecule has 0 spiro atoms. The molecule has 8 bridgehead atoms. The van der Waals surface area contributed by atoms with Crippen LogP contribution in [-0.4, -0.2) is 23.1 Å². The van der Waals surface area contributed by atoms with Gasteiger partial charge >= 0.3 is 0 Å². The second-order valence-electron chi connectivity index (χ2n) is 15.0. The molecule has 0 saturated heterocycles. The van der Waals surface area contributed by atoms with E-state index in [1.165, 1.54) is 0 Å². The third kappa shape index (κ3) is 3.09. The second kappa shape index (κ2) is 8.58. The number of hydrogen-bond acceptors (Lipinski definition) is 4. The number of fused-ring (bicyclic) bond motifs is 4. The standard InChI is InChI=1S/2C18H20O2/c2*19-17-13-9-1-2-10(4-3-9)14(13)18(20)16-12-7-5-11(6-8-12)15(16)17/h2*1-2,5,7,9-16H,3-4,6,8H2/t2*9-,10+,11-,12+,13-,14+,15-,16+. The molecular formula is C36H40O4. The molecule has 0 N–H and O–H groups in total. The van der Waals surface area contributed by atoms with Crippen LogP contribution in [0.1, 0.15) is 51.4 Å². The van der Waals surface area contributed by atoms with Gasteiger partial charge in [0.1, 0.15) is 23.1 Å². The van der Waals surface area contributed by atoms with Gasteiger partial charge in [0.2, 0.25) is 0 Å². The molecule has 208 valence electrons. The Labute approximate surface area is 236 Å². The molecular weight excluding hydrogens is 496 g/mol. The first-order valence-corrected chi connectivity index (χ1v) is 16.4. The Morgan fingerprint density at radius 1 is 0.275 bits per heavy atom. The Morgan fingerprint density at radius 3 is 0.500 bits per heavy atom. The van der Waals surface area contributed by atoms with Crippen LogP contribution in [0, 0.1) is 94.7 Å². The number of hydrogen-bond donors (Lipinski definition) is 0. The first kappa shape index (κ1) is 24.3. The highest BCUT2D eigenvalue weighted by Crippen LogP contribution is 2.59. The van der Waals surface area contributed by atoms with Gasteiger partial charge in [-0.3, -0.25) is 19.2 Å². The van der Waals surface area contributed by atoms with Crippen molar-refractivity contribution >= 4 is 23.1 Å². The summed E-state index contributed by atoms with van der Waals surface area (Å²) in [6, 6.07) is 0. The quantitative estimate of drug-likeness (QED) is 0.379. The maximum Gasteiger partial charge on any atom is 0.141 e. The van der Waals surface area contributed by atoms with E-state index in [9.17, 15) is 19.2 Å². The van der Waals surface area contributed by atoms with Crippen molar-refractivity contribution in [3.05, 3.63) is 48.6 Å². The Bertz CT molecular complexity index is 1030. The minimum atomic E-state index is 0.0280. The molecule has 0 heterocycles. The van der Waals surface area contributed by atoms with Crippen molar-refractivity contribution in [1.29, 1.82) is 0 Å². The van der Waals surface area contributed by atoms with Crippen LogP contribution in [0.2, 0.25) is 0 Å². The van der Waals surface area contributed by atoms with Crippen LogP contribution in [0.25, 0.3) is 0 Å². The summed E-state index contributed by atoms with van der Waals surface area (Å²) in [5.41, 5.74) is 0. The van der Waals surface area contributed by atoms with Crippen molar-refractivity contribution < 1.29 is 19.2 Å². The van der Waals surface area contributed by atoms with E-state index in [1.807, 2.05) is 0 Å². The van der Waals surface area contributed by atoms with Gasteiger partial charge < -0.3 is 0 Å². The number of ketones is 4. The predicted molar refractivity (Wildman–Crippen MR) is 149 cm³/mol. The molecule has 16 atom stereocenters. The molecule has 40 heavy (non-hydrogen) atoms. The van der Waals surface area contributed by atoms with Crippen LogP contribution >= 0.6 is 0 Å². The molecule has 0 aromatic rings. The lowest BCUT2D eigenvalue weighted by Gasteiger charge is -2.55. The summed E-state index contributed by atoms with van der Waals surface area (Å²) in [5, 5.41) is 0. The van der Waals surface area contributed by atoms with Gasteiger partial charge in [-0.05, 0) is 98.7 Å². The van der Waals surface area contributed by atoms with Gasteiger partial charge in [-0.15, -0.1) is 0 Å². The third-order valence-corrected chi connectivity index (χ3v) is 13.6. The van der Waals surface area contributed by atoms with E-state index in [4.69, 9.17) is 0 Å². The van der Waals surface area contributed by atoms with E-state index in [0.717, 1.165) is 51.4 Å². The van der Waals surface area contributed by atoms with E-state index in [0.29, 0.717) is 70.5 Å². The highest BCUT2D eigenvalue weighted by atomic mass is 16.2. The van der Waals surface area contributed by atoms with Crippen LogP contribution in [0.15, 0.2) is 48.6 Å². The highest BCUT2D eigenvalue weighted by Gasteiger charge is 2.62. The summed E-state index contributed by atoms with van der Waals surface area (Å²) in [5.74, 6) is 4.82. The van der Waals surface area contributed by atoms with Crippen LogP contribution < -0.4 is 0 Å². The summed E-state index contributed by atoms with van der Waals surface area (Å²) >= 11 is 0. The summed E-state index contributed by atoms with van der Waals surface area (Å²) in [6.45, 7) is 0. The lowest BCUT2D eigenvalue weighted by molar-refractivity contribution is -0.159. The summed E-state index contributed by atoms with van der Waals surface area (Å²) in [7, 11) is 0. The molecule has 0 amide bonds. The molecule has 6 fully saturated rings.